The molecule has 0 bridgehead atoms. The average molecular weight is 518 g/mol. The summed E-state index contributed by atoms with van der Waals surface area (Å²) in [6, 6.07) is 29.6. The van der Waals surface area contributed by atoms with Gasteiger partial charge < -0.3 is 19.6 Å². The summed E-state index contributed by atoms with van der Waals surface area (Å²) < 4.78 is 7.55. The van der Waals surface area contributed by atoms with E-state index >= 15 is 0 Å². The number of amides is 1. The zero-order valence-electron chi connectivity index (χ0n) is 21.1. The van der Waals surface area contributed by atoms with Crippen molar-refractivity contribution in [1.29, 1.82) is 0 Å². The summed E-state index contributed by atoms with van der Waals surface area (Å²) >= 11 is 0. The Balaban J connectivity index is 1.22. The predicted octanol–water partition coefficient (Wildman–Crippen LogP) is 5.51. The Hall–Kier alpha value is -5.17. The number of nitrogens with one attached hydrogen (secondary N) is 1. The minimum atomic E-state index is -1.12. The maximum atomic E-state index is 12.9. The van der Waals surface area contributed by atoms with Crippen molar-refractivity contribution in [3.05, 3.63) is 137 Å². The number of imidazole rings is 1. The highest BCUT2D eigenvalue weighted by molar-refractivity contribution is 5.95. The first-order chi connectivity index (χ1) is 19.0. The van der Waals surface area contributed by atoms with Crippen molar-refractivity contribution < 1.29 is 19.4 Å². The second-order valence-electron chi connectivity index (χ2n) is 9.08. The van der Waals surface area contributed by atoms with Crippen LogP contribution in [0.25, 0.3) is 17.8 Å². The van der Waals surface area contributed by atoms with Crippen molar-refractivity contribution in [3.8, 4) is 5.75 Å². The number of aliphatic carboxylic acids is 1. The quantitative estimate of drug-likeness (QED) is 0.255. The first-order valence-electron chi connectivity index (χ1n) is 12.5. The summed E-state index contributed by atoms with van der Waals surface area (Å²) in [5.41, 5.74) is 4.58. The highest BCUT2D eigenvalue weighted by atomic mass is 16.5. The summed E-state index contributed by atoms with van der Waals surface area (Å²) in [7, 11) is 0. The number of benzene rings is 3. The molecule has 0 aliphatic heterocycles. The lowest BCUT2D eigenvalue weighted by Gasteiger charge is -2.14. The molecule has 5 rings (SSSR count). The second-order valence-corrected chi connectivity index (χ2v) is 9.08. The van der Waals surface area contributed by atoms with Crippen molar-refractivity contribution in [2.24, 2.45) is 0 Å². The van der Waals surface area contributed by atoms with E-state index in [0.717, 1.165) is 22.3 Å². The molecule has 1 unspecified atom stereocenters. The van der Waals surface area contributed by atoms with E-state index in [9.17, 15) is 14.7 Å². The van der Waals surface area contributed by atoms with Crippen molar-refractivity contribution in [2.75, 3.05) is 0 Å². The molecular weight excluding hydrogens is 490 g/mol. The lowest BCUT2D eigenvalue weighted by Crippen LogP contribution is -2.42. The van der Waals surface area contributed by atoms with Crippen LogP contribution in [0.5, 0.6) is 5.75 Å². The number of carbonyl (C=O) groups is 2. The number of aromatic nitrogens is 2. The van der Waals surface area contributed by atoms with E-state index in [4.69, 9.17) is 4.74 Å². The molecule has 2 N–H and O–H groups in total. The molecule has 194 valence electrons. The lowest BCUT2D eigenvalue weighted by atomic mass is 10.1. The number of nitrogens with zero attached hydrogens (tertiary/aromatic N) is 2. The number of rotatable bonds is 10. The molecular formula is C32H27N3O4. The molecule has 0 fully saturated rings. The van der Waals surface area contributed by atoms with Crippen LogP contribution in [0.2, 0.25) is 0 Å². The van der Waals surface area contributed by atoms with E-state index in [1.165, 1.54) is 0 Å². The third kappa shape index (κ3) is 6.78. The highest BCUT2D eigenvalue weighted by Crippen LogP contribution is 2.16. The van der Waals surface area contributed by atoms with Crippen LogP contribution in [-0.4, -0.2) is 32.4 Å². The number of fused-ring (bicyclic) bond motifs is 1. The minimum absolute atomic E-state index is 0.127. The van der Waals surface area contributed by atoms with E-state index in [1.54, 1.807) is 34.9 Å². The molecule has 3 aromatic carbocycles. The van der Waals surface area contributed by atoms with Crippen LogP contribution >= 0.6 is 0 Å². The van der Waals surface area contributed by atoms with Crippen LogP contribution in [0.1, 0.15) is 32.7 Å². The number of hydrogen-bond acceptors (Lipinski definition) is 4. The van der Waals surface area contributed by atoms with Crippen molar-refractivity contribution in [2.45, 2.75) is 19.1 Å². The first kappa shape index (κ1) is 25.5. The van der Waals surface area contributed by atoms with E-state index in [0.29, 0.717) is 18.0 Å². The van der Waals surface area contributed by atoms with E-state index in [-0.39, 0.29) is 12.1 Å². The Bertz CT molecular complexity index is 1590. The van der Waals surface area contributed by atoms with Crippen LogP contribution in [0.3, 0.4) is 0 Å². The van der Waals surface area contributed by atoms with Crippen LogP contribution in [0.4, 0.5) is 0 Å². The molecule has 0 saturated carbocycles. The highest BCUT2D eigenvalue weighted by Gasteiger charge is 2.22. The van der Waals surface area contributed by atoms with E-state index in [1.807, 2.05) is 91.1 Å². The maximum absolute atomic E-state index is 12.9. The third-order valence-corrected chi connectivity index (χ3v) is 6.19. The Kier molecular flexibility index (Phi) is 7.79. The van der Waals surface area contributed by atoms with Crippen LogP contribution in [0.15, 0.2) is 109 Å². The summed E-state index contributed by atoms with van der Waals surface area (Å²) in [6.45, 7) is 0.442. The molecule has 7 heteroatoms. The maximum Gasteiger partial charge on any atom is 0.326 e. The number of ether oxygens (including phenoxy) is 1. The average Bonchev–Trinajstić information content (AvgIpc) is 3.40. The van der Waals surface area contributed by atoms with Crippen molar-refractivity contribution in [1.82, 2.24) is 14.7 Å². The lowest BCUT2D eigenvalue weighted by molar-refractivity contribution is -0.139. The van der Waals surface area contributed by atoms with Gasteiger partial charge in [-0.15, -0.1) is 0 Å². The van der Waals surface area contributed by atoms with Gasteiger partial charge in [0.15, 0.2) is 0 Å². The first-order valence-corrected chi connectivity index (χ1v) is 12.5. The van der Waals surface area contributed by atoms with Gasteiger partial charge in [0.05, 0.1) is 0 Å². The van der Waals surface area contributed by atoms with Gasteiger partial charge in [-0.3, -0.25) is 4.79 Å². The fraction of sp³-hybridized carbons (Fsp3) is 0.0938. The molecule has 0 aliphatic rings. The molecule has 5 aromatic rings. The molecule has 39 heavy (non-hydrogen) atoms. The second kappa shape index (κ2) is 11.9. The fourth-order valence-electron chi connectivity index (χ4n) is 4.10. The normalized spacial score (nSPS) is 11.9. The van der Waals surface area contributed by atoms with Gasteiger partial charge in [-0.2, -0.15) is 0 Å². The zero-order valence-corrected chi connectivity index (χ0v) is 21.1. The number of carbonyl (C=O) groups excluding carboxylic acids is 1. The number of carboxylic acids is 1. The van der Waals surface area contributed by atoms with Crippen LogP contribution in [-0.2, 0) is 17.8 Å². The SMILES string of the molecule is O=C(NC(Cc1ccc(OCc2ccccc2)cc1)C(=O)O)c1cn2cc(/C=C/c3ccccc3)ccc2n1. The van der Waals surface area contributed by atoms with Gasteiger partial charge in [-0.25, -0.2) is 9.78 Å². The van der Waals surface area contributed by atoms with Crippen molar-refractivity contribution >= 4 is 29.7 Å². The van der Waals surface area contributed by atoms with Crippen LogP contribution < -0.4 is 10.1 Å². The van der Waals surface area contributed by atoms with Gasteiger partial charge in [-0.05, 0) is 46.5 Å². The van der Waals surface area contributed by atoms with Gasteiger partial charge >= 0.3 is 5.97 Å². The number of pyridine rings is 1. The summed E-state index contributed by atoms with van der Waals surface area (Å²) in [4.78, 5) is 29.2. The van der Waals surface area contributed by atoms with Crippen molar-refractivity contribution in [3.63, 3.8) is 0 Å². The standard InChI is InChI=1S/C32H27N3O4/c36-31(29-21-35-20-25(15-18-30(35)33-29)12-11-23-7-3-1-4-8-23)34-28(32(37)38)19-24-13-16-27(17-14-24)39-22-26-9-5-2-6-10-26/h1-18,20-21,28H,19,22H2,(H,34,36)(H,37,38)/b12-11+. The molecule has 0 radical (unpaired) electrons. The van der Waals surface area contributed by atoms with E-state index in [2.05, 4.69) is 10.3 Å². The number of hydrogen-bond donors (Lipinski definition) is 2. The monoisotopic (exact) mass is 517 g/mol. The smallest absolute Gasteiger partial charge is 0.326 e. The molecule has 1 amide bonds. The minimum Gasteiger partial charge on any atom is -0.489 e. The van der Waals surface area contributed by atoms with Gasteiger partial charge in [0.25, 0.3) is 5.91 Å². The molecule has 2 aromatic heterocycles. The van der Waals surface area contributed by atoms with Crippen LogP contribution in [0, 0.1) is 0 Å². The summed E-state index contributed by atoms with van der Waals surface area (Å²) in [5, 5.41) is 12.4. The predicted molar refractivity (Wildman–Crippen MR) is 150 cm³/mol. The van der Waals surface area contributed by atoms with Gasteiger partial charge in [-0.1, -0.05) is 84.9 Å². The summed E-state index contributed by atoms with van der Waals surface area (Å²) in [6.07, 6.45) is 7.58. The van der Waals surface area contributed by atoms with Gasteiger partial charge in [0.1, 0.15) is 29.7 Å². The Labute approximate surface area is 226 Å². The number of carboxylic acid groups (broad SMARTS) is 1. The topological polar surface area (TPSA) is 92.9 Å². The zero-order chi connectivity index (χ0) is 27.0. The summed E-state index contributed by atoms with van der Waals surface area (Å²) in [5.74, 6) is -0.985. The molecule has 1 atom stereocenters. The van der Waals surface area contributed by atoms with Gasteiger partial charge in [0, 0.05) is 18.8 Å². The molecule has 0 saturated heterocycles. The molecule has 0 aliphatic carbocycles. The van der Waals surface area contributed by atoms with E-state index < -0.39 is 17.9 Å². The Morgan fingerprint density at radius 2 is 1.51 bits per heavy atom. The third-order valence-electron chi connectivity index (χ3n) is 6.19. The molecule has 7 nitrogen and oxygen atoms in total. The van der Waals surface area contributed by atoms with Gasteiger partial charge in [0.2, 0.25) is 0 Å². The Morgan fingerprint density at radius 3 is 2.23 bits per heavy atom. The largest absolute Gasteiger partial charge is 0.489 e. The molecule has 2 heterocycles. The fourth-order valence-corrected chi connectivity index (χ4v) is 4.10. The Morgan fingerprint density at radius 1 is 0.821 bits per heavy atom. The molecule has 0 spiro atoms.